The van der Waals surface area contributed by atoms with Crippen LogP contribution in [0.4, 0.5) is 4.39 Å². The number of benzene rings is 1. The van der Waals surface area contributed by atoms with Crippen molar-refractivity contribution in [2.45, 2.75) is 0 Å². The molecular formula is C17H11FN2O. The largest absolute Gasteiger partial charge is 0.289 e. The number of carbonyl (C=O) groups excluding carboxylic acids is 1. The molecule has 0 saturated carbocycles. The van der Waals surface area contributed by atoms with E-state index < -0.39 is 0 Å². The average molecular weight is 278 g/mol. The highest BCUT2D eigenvalue weighted by atomic mass is 19.1. The molecule has 0 fully saturated rings. The van der Waals surface area contributed by atoms with Crippen LogP contribution in [0.1, 0.15) is 16.1 Å². The van der Waals surface area contributed by atoms with Crippen LogP contribution in [0, 0.1) is 5.82 Å². The predicted molar refractivity (Wildman–Crippen MR) is 79.3 cm³/mol. The van der Waals surface area contributed by atoms with Crippen LogP contribution in [0.3, 0.4) is 0 Å². The van der Waals surface area contributed by atoms with E-state index in [1.54, 1.807) is 54.9 Å². The molecule has 0 radical (unpaired) electrons. The molecule has 3 nitrogen and oxygen atoms in total. The molecule has 0 atom stereocenters. The van der Waals surface area contributed by atoms with Crippen LogP contribution in [0.15, 0.2) is 60.9 Å². The number of rotatable bonds is 3. The number of ketones is 1. The number of halogens is 1. The number of hydrogen-bond donors (Lipinski definition) is 0. The second-order valence-corrected chi connectivity index (χ2v) is 4.48. The Balaban J connectivity index is 1.90. The Hall–Kier alpha value is -2.88. The van der Waals surface area contributed by atoms with Gasteiger partial charge >= 0.3 is 0 Å². The van der Waals surface area contributed by atoms with Crippen LogP contribution < -0.4 is 0 Å². The van der Waals surface area contributed by atoms with E-state index in [0.717, 1.165) is 5.39 Å². The zero-order valence-corrected chi connectivity index (χ0v) is 11.0. The molecule has 0 saturated heterocycles. The third-order valence-electron chi connectivity index (χ3n) is 3.06. The average Bonchev–Trinajstić information content (AvgIpc) is 2.54. The van der Waals surface area contributed by atoms with E-state index in [2.05, 4.69) is 9.97 Å². The number of carbonyl (C=O) groups is 1. The van der Waals surface area contributed by atoms with Crippen molar-refractivity contribution >= 4 is 22.8 Å². The minimum absolute atomic E-state index is 0.146. The van der Waals surface area contributed by atoms with E-state index in [-0.39, 0.29) is 11.6 Å². The van der Waals surface area contributed by atoms with E-state index in [0.29, 0.717) is 16.8 Å². The highest BCUT2D eigenvalue weighted by Crippen LogP contribution is 2.16. The van der Waals surface area contributed by atoms with Gasteiger partial charge in [0.15, 0.2) is 5.78 Å². The molecule has 0 N–H and O–H groups in total. The third-order valence-corrected chi connectivity index (χ3v) is 3.06. The summed E-state index contributed by atoms with van der Waals surface area (Å²) in [6.45, 7) is 0. The van der Waals surface area contributed by atoms with Gasteiger partial charge in [-0.25, -0.2) is 9.37 Å². The van der Waals surface area contributed by atoms with E-state index in [4.69, 9.17) is 0 Å². The van der Waals surface area contributed by atoms with Crippen molar-refractivity contribution in [3.8, 4) is 0 Å². The minimum Gasteiger partial charge on any atom is -0.289 e. The Morgan fingerprint density at radius 2 is 1.86 bits per heavy atom. The SMILES string of the molecule is O=C(C=Cc1ccc2cccc(F)c2n1)c1ccncc1. The first kappa shape index (κ1) is 13.1. The third kappa shape index (κ3) is 2.84. The summed E-state index contributed by atoms with van der Waals surface area (Å²) in [5, 5.41) is 0.729. The zero-order chi connectivity index (χ0) is 14.7. The molecule has 0 amide bonds. The van der Waals surface area contributed by atoms with Crippen molar-refractivity contribution in [1.82, 2.24) is 9.97 Å². The number of allylic oxidation sites excluding steroid dienone is 1. The Bertz CT molecular complexity index is 829. The van der Waals surface area contributed by atoms with E-state index in [1.165, 1.54) is 12.1 Å². The lowest BCUT2D eigenvalue weighted by Crippen LogP contribution is -1.94. The summed E-state index contributed by atoms with van der Waals surface area (Å²) in [6.07, 6.45) is 6.12. The van der Waals surface area contributed by atoms with Crippen LogP contribution in [0.2, 0.25) is 0 Å². The molecule has 0 aliphatic heterocycles. The summed E-state index contributed by atoms with van der Waals surface area (Å²) in [4.78, 5) is 20.0. The van der Waals surface area contributed by atoms with Crippen molar-refractivity contribution < 1.29 is 9.18 Å². The lowest BCUT2D eigenvalue weighted by Gasteiger charge is -2.00. The molecule has 3 rings (SSSR count). The van der Waals surface area contributed by atoms with Crippen LogP contribution in [0.5, 0.6) is 0 Å². The number of pyridine rings is 2. The maximum absolute atomic E-state index is 13.7. The summed E-state index contributed by atoms with van der Waals surface area (Å²) in [5.74, 6) is -0.518. The highest BCUT2D eigenvalue weighted by Gasteiger charge is 2.03. The van der Waals surface area contributed by atoms with Gasteiger partial charge in [0, 0.05) is 23.3 Å². The lowest BCUT2D eigenvalue weighted by atomic mass is 10.1. The standard InChI is InChI=1S/C17H11FN2O/c18-15-3-1-2-13-4-5-14(20-17(13)15)6-7-16(21)12-8-10-19-11-9-12/h1-11H. The Morgan fingerprint density at radius 1 is 1.05 bits per heavy atom. The normalized spacial score (nSPS) is 11.1. The monoisotopic (exact) mass is 278 g/mol. The first-order valence-corrected chi connectivity index (χ1v) is 6.42. The van der Waals surface area contributed by atoms with Gasteiger partial charge in [-0.2, -0.15) is 0 Å². The van der Waals surface area contributed by atoms with Crippen molar-refractivity contribution in [1.29, 1.82) is 0 Å². The first-order chi connectivity index (χ1) is 10.2. The molecule has 0 bridgehead atoms. The number of fused-ring (bicyclic) bond motifs is 1. The van der Waals surface area contributed by atoms with Crippen LogP contribution in [-0.4, -0.2) is 15.8 Å². The van der Waals surface area contributed by atoms with Gasteiger partial charge in [0.25, 0.3) is 0 Å². The second kappa shape index (κ2) is 5.63. The fraction of sp³-hybridized carbons (Fsp3) is 0. The predicted octanol–water partition coefficient (Wildman–Crippen LogP) is 3.67. The molecule has 3 aromatic rings. The molecule has 0 unspecified atom stereocenters. The topological polar surface area (TPSA) is 42.9 Å². The molecular weight excluding hydrogens is 267 g/mol. The Labute approximate surface area is 120 Å². The first-order valence-electron chi connectivity index (χ1n) is 6.42. The van der Waals surface area contributed by atoms with Gasteiger partial charge in [-0.3, -0.25) is 9.78 Å². The summed E-state index contributed by atoms with van der Waals surface area (Å²) in [7, 11) is 0. The summed E-state index contributed by atoms with van der Waals surface area (Å²) in [5.41, 5.74) is 1.39. The van der Waals surface area contributed by atoms with E-state index >= 15 is 0 Å². The van der Waals surface area contributed by atoms with Gasteiger partial charge in [0.05, 0.1) is 5.69 Å². The van der Waals surface area contributed by atoms with Gasteiger partial charge in [-0.1, -0.05) is 18.2 Å². The van der Waals surface area contributed by atoms with E-state index in [9.17, 15) is 9.18 Å². The van der Waals surface area contributed by atoms with Gasteiger partial charge in [0.2, 0.25) is 0 Å². The molecule has 0 aliphatic rings. The van der Waals surface area contributed by atoms with Gasteiger partial charge in [-0.15, -0.1) is 0 Å². The molecule has 2 heterocycles. The minimum atomic E-state index is -0.372. The van der Waals surface area contributed by atoms with Gasteiger partial charge in [0.1, 0.15) is 11.3 Å². The molecule has 1 aromatic carbocycles. The maximum atomic E-state index is 13.7. The van der Waals surface area contributed by atoms with Gasteiger partial charge < -0.3 is 0 Å². The fourth-order valence-corrected chi connectivity index (χ4v) is 1.99. The smallest absolute Gasteiger partial charge is 0.186 e. The molecule has 2 aromatic heterocycles. The van der Waals surface area contributed by atoms with Crippen molar-refractivity contribution in [3.05, 3.63) is 78.0 Å². The van der Waals surface area contributed by atoms with Gasteiger partial charge in [-0.05, 0) is 36.4 Å². The summed E-state index contributed by atoms with van der Waals surface area (Å²) in [6, 6.07) is 11.6. The fourth-order valence-electron chi connectivity index (χ4n) is 1.99. The van der Waals surface area contributed by atoms with E-state index in [1.807, 2.05) is 0 Å². The van der Waals surface area contributed by atoms with Crippen molar-refractivity contribution in [2.75, 3.05) is 0 Å². The highest BCUT2D eigenvalue weighted by molar-refractivity contribution is 6.06. The molecule has 0 aliphatic carbocycles. The zero-order valence-electron chi connectivity index (χ0n) is 11.0. The second-order valence-electron chi connectivity index (χ2n) is 4.48. The summed E-state index contributed by atoms with van der Waals surface area (Å²) < 4.78 is 13.7. The molecule has 4 heteroatoms. The number of para-hydroxylation sites is 1. The number of aromatic nitrogens is 2. The van der Waals surface area contributed by atoms with Crippen LogP contribution >= 0.6 is 0 Å². The quantitative estimate of drug-likeness (QED) is 0.542. The van der Waals surface area contributed by atoms with Crippen molar-refractivity contribution in [3.63, 3.8) is 0 Å². The lowest BCUT2D eigenvalue weighted by molar-refractivity contribution is 0.104. The van der Waals surface area contributed by atoms with Crippen LogP contribution in [0.25, 0.3) is 17.0 Å². The molecule has 21 heavy (non-hydrogen) atoms. The Morgan fingerprint density at radius 3 is 2.67 bits per heavy atom. The van der Waals surface area contributed by atoms with Crippen molar-refractivity contribution in [2.24, 2.45) is 0 Å². The maximum Gasteiger partial charge on any atom is 0.186 e. The number of nitrogens with zero attached hydrogens (tertiary/aromatic N) is 2. The Kier molecular flexibility index (Phi) is 3.51. The summed E-state index contributed by atoms with van der Waals surface area (Å²) >= 11 is 0. The number of hydrogen-bond acceptors (Lipinski definition) is 3. The van der Waals surface area contributed by atoms with Crippen LogP contribution in [-0.2, 0) is 0 Å². The molecule has 102 valence electrons. The molecule has 0 spiro atoms.